The Hall–Kier alpha value is -5.71. The van der Waals surface area contributed by atoms with Crippen molar-refractivity contribution in [3.8, 4) is 45.2 Å². The highest BCUT2D eigenvalue weighted by atomic mass is 32.1. The van der Waals surface area contributed by atoms with Crippen LogP contribution in [0.15, 0.2) is 152 Å². The second-order valence-electron chi connectivity index (χ2n) is 11.2. The second-order valence-corrected chi connectivity index (χ2v) is 12.3. The van der Waals surface area contributed by atoms with Gasteiger partial charge in [-0.3, -0.25) is 0 Å². The van der Waals surface area contributed by atoms with Crippen molar-refractivity contribution in [2.24, 2.45) is 0 Å². The first-order valence-electron chi connectivity index (χ1n) is 15.0. The van der Waals surface area contributed by atoms with Gasteiger partial charge in [-0.1, -0.05) is 140 Å². The predicted molar refractivity (Wildman–Crippen MR) is 189 cm³/mol. The molecule has 0 unspecified atom stereocenters. The number of rotatable bonds is 4. The molecular formula is C41H25N3S. The molecule has 0 amide bonds. The van der Waals surface area contributed by atoms with Crippen LogP contribution < -0.4 is 0 Å². The summed E-state index contributed by atoms with van der Waals surface area (Å²) < 4.78 is 2.52. The van der Waals surface area contributed by atoms with Gasteiger partial charge in [-0.15, -0.1) is 11.3 Å². The number of hydrogen-bond donors (Lipinski definition) is 0. The van der Waals surface area contributed by atoms with Gasteiger partial charge in [0.2, 0.25) is 0 Å². The molecule has 0 N–H and O–H groups in total. The molecular weight excluding hydrogens is 567 g/mol. The monoisotopic (exact) mass is 591 g/mol. The summed E-state index contributed by atoms with van der Waals surface area (Å²) in [5.74, 6) is 0.699. The summed E-state index contributed by atoms with van der Waals surface area (Å²) in [7, 11) is 0. The van der Waals surface area contributed by atoms with Gasteiger partial charge in [0.25, 0.3) is 0 Å². The van der Waals surface area contributed by atoms with E-state index in [-0.39, 0.29) is 0 Å². The minimum absolute atomic E-state index is 0.699. The van der Waals surface area contributed by atoms with E-state index in [1.54, 1.807) is 0 Å². The van der Waals surface area contributed by atoms with Crippen LogP contribution in [0.2, 0.25) is 0 Å². The van der Waals surface area contributed by atoms with Gasteiger partial charge in [-0.2, -0.15) is 0 Å². The Bertz CT molecular complexity index is 2460. The Labute approximate surface area is 264 Å². The third kappa shape index (κ3) is 4.38. The van der Waals surface area contributed by atoms with Gasteiger partial charge in [0, 0.05) is 48.5 Å². The van der Waals surface area contributed by atoms with Crippen LogP contribution in [0.5, 0.6) is 0 Å². The van der Waals surface area contributed by atoms with E-state index in [0.29, 0.717) is 5.82 Å². The summed E-state index contributed by atoms with van der Waals surface area (Å²) in [5, 5.41) is 6.09. The van der Waals surface area contributed by atoms with Crippen LogP contribution in [0.1, 0.15) is 0 Å². The highest BCUT2D eigenvalue weighted by Crippen LogP contribution is 2.41. The molecule has 0 bridgehead atoms. The molecule has 3 heterocycles. The number of nitrogens with zero attached hydrogens (tertiary/aromatic N) is 3. The van der Waals surface area contributed by atoms with Gasteiger partial charge >= 0.3 is 0 Å². The van der Waals surface area contributed by atoms with Gasteiger partial charge in [-0.05, 0) is 17.5 Å². The first-order valence-corrected chi connectivity index (χ1v) is 15.9. The maximum absolute atomic E-state index is 5.39. The molecule has 6 aromatic carbocycles. The van der Waals surface area contributed by atoms with Crippen molar-refractivity contribution in [1.82, 2.24) is 15.0 Å². The third-order valence-electron chi connectivity index (χ3n) is 8.50. The van der Waals surface area contributed by atoms with Gasteiger partial charge in [0.1, 0.15) is 0 Å². The predicted octanol–water partition coefficient (Wildman–Crippen LogP) is 11.2. The molecule has 3 aromatic heterocycles. The molecule has 0 aliphatic heterocycles. The van der Waals surface area contributed by atoms with Crippen molar-refractivity contribution >= 4 is 53.2 Å². The van der Waals surface area contributed by atoms with Crippen molar-refractivity contribution in [2.45, 2.75) is 0 Å². The van der Waals surface area contributed by atoms with Crippen molar-refractivity contribution in [3.05, 3.63) is 152 Å². The second kappa shape index (κ2) is 10.5. The average Bonchev–Trinajstić information content (AvgIpc) is 3.51. The van der Waals surface area contributed by atoms with Gasteiger partial charge < -0.3 is 0 Å². The normalized spacial score (nSPS) is 11.6. The Morgan fingerprint density at radius 1 is 0.378 bits per heavy atom. The Kier molecular flexibility index (Phi) is 6.00. The van der Waals surface area contributed by atoms with Gasteiger partial charge in [-0.25, -0.2) is 15.0 Å². The number of thiophene rings is 1. The SMILES string of the molecule is c1ccc(-c2cc(-c3ccccc3)nc(-c3ccc(-c4nc5c(ccc6c7ccccc7sc65)c5ccccc45)cc3)n2)cc1. The van der Waals surface area contributed by atoms with Crippen LogP contribution in [0.4, 0.5) is 0 Å². The number of pyridine rings is 1. The number of aromatic nitrogens is 3. The highest BCUT2D eigenvalue weighted by molar-refractivity contribution is 7.26. The molecule has 0 aliphatic carbocycles. The maximum Gasteiger partial charge on any atom is 0.160 e. The molecule has 0 radical (unpaired) electrons. The highest BCUT2D eigenvalue weighted by Gasteiger charge is 2.16. The van der Waals surface area contributed by atoms with Crippen LogP contribution in [0.3, 0.4) is 0 Å². The largest absolute Gasteiger partial charge is 0.246 e. The molecule has 9 aromatic rings. The van der Waals surface area contributed by atoms with Crippen LogP contribution in [0.25, 0.3) is 87.0 Å². The lowest BCUT2D eigenvalue weighted by atomic mass is 9.98. The number of hydrogen-bond acceptors (Lipinski definition) is 4. The molecule has 0 fully saturated rings. The quantitative estimate of drug-likeness (QED) is 0.191. The van der Waals surface area contributed by atoms with Crippen LogP contribution in [-0.4, -0.2) is 15.0 Å². The fraction of sp³-hybridized carbons (Fsp3) is 0. The smallest absolute Gasteiger partial charge is 0.160 e. The summed E-state index contributed by atoms with van der Waals surface area (Å²) in [5.41, 5.74) is 8.00. The molecule has 3 nitrogen and oxygen atoms in total. The van der Waals surface area contributed by atoms with Crippen LogP contribution in [-0.2, 0) is 0 Å². The van der Waals surface area contributed by atoms with E-state index in [4.69, 9.17) is 15.0 Å². The summed E-state index contributed by atoms with van der Waals surface area (Å²) in [4.78, 5) is 15.4. The van der Waals surface area contributed by atoms with Gasteiger partial charge in [0.15, 0.2) is 5.82 Å². The van der Waals surface area contributed by atoms with Crippen molar-refractivity contribution in [3.63, 3.8) is 0 Å². The van der Waals surface area contributed by atoms with Crippen molar-refractivity contribution in [2.75, 3.05) is 0 Å². The first kappa shape index (κ1) is 25.8. The Morgan fingerprint density at radius 2 is 0.933 bits per heavy atom. The number of benzene rings is 6. The van der Waals surface area contributed by atoms with E-state index in [0.717, 1.165) is 50.2 Å². The molecule has 4 heteroatoms. The molecule has 0 aliphatic rings. The summed E-state index contributed by atoms with van der Waals surface area (Å²) >= 11 is 1.82. The fourth-order valence-electron chi connectivity index (χ4n) is 6.29. The average molecular weight is 592 g/mol. The minimum Gasteiger partial charge on any atom is -0.246 e. The Morgan fingerprint density at radius 3 is 1.62 bits per heavy atom. The number of fused-ring (bicyclic) bond motifs is 7. The van der Waals surface area contributed by atoms with E-state index in [1.165, 1.54) is 30.9 Å². The minimum atomic E-state index is 0.699. The Balaban J connectivity index is 1.21. The first-order chi connectivity index (χ1) is 22.3. The summed E-state index contributed by atoms with van der Waals surface area (Å²) in [6.07, 6.45) is 0. The lowest BCUT2D eigenvalue weighted by Crippen LogP contribution is -1.96. The van der Waals surface area contributed by atoms with E-state index in [2.05, 4.69) is 115 Å². The van der Waals surface area contributed by atoms with Crippen LogP contribution >= 0.6 is 11.3 Å². The molecule has 9 rings (SSSR count). The van der Waals surface area contributed by atoms with Crippen molar-refractivity contribution in [1.29, 1.82) is 0 Å². The zero-order valence-corrected chi connectivity index (χ0v) is 25.0. The van der Waals surface area contributed by atoms with E-state index >= 15 is 0 Å². The third-order valence-corrected chi connectivity index (χ3v) is 9.69. The summed E-state index contributed by atoms with van der Waals surface area (Å²) in [6.45, 7) is 0. The van der Waals surface area contributed by atoms with Gasteiger partial charge in [0.05, 0.1) is 27.3 Å². The molecule has 0 spiro atoms. The fourth-order valence-corrected chi connectivity index (χ4v) is 7.48. The van der Waals surface area contributed by atoms with Crippen LogP contribution in [0, 0.1) is 0 Å². The lowest BCUT2D eigenvalue weighted by molar-refractivity contribution is 1.18. The molecule has 0 atom stereocenters. The van der Waals surface area contributed by atoms with E-state index < -0.39 is 0 Å². The lowest BCUT2D eigenvalue weighted by Gasteiger charge is -2.12. The standard InChI is InChI=1S/C41H25N3S/c1-3-11-26(12-4-1)35-25-36(27-13-5-2-6-14-27)43-41(42-35)29-21-19-28(20-22-29)38-32-17-8-7-15-30(32)33-23-24-34-31-16-9-10-18-37(31)45-40(34)39(33)44-38/h1-25H. The molecule has 0 saturated carbocycles. The molecule has 45 heavy (non-hydrogen) atoms. The molecule has 210 valence electrons. The van der Waals surface area contributed by atoms with E-state index in [9.17, 15) is 0 Å². The van der Waals surface area contributed by atoms with Crippen molar-refractivity contribution < 1.29 is 0 Å². The zero-order valence-electron chi connectivity index (χ0n) is 24.2. The maximum atomic E-state index is 5.39. The zero-order chi connectivity index (χ0) is 29.7. The molecule has 0 saturated heterocycles. The van der Waals surface area contributed by atoms with E-state index in [1.807, 2.05) is 47.7 Å². The summed E-state index contributed by atoms with van der Waals surface area (Å²) in [6, 6.07) is 52.9. The topological polar surface area (TPSA) is 38.7 Å².